The molecule has 32 heavy (non-hydrogen) atoms. The van der Waals surface area contributed by atoms with Crippen molar-refractivity contribution in [2.45, 2.75) is 44.7 Å². The Balaban J connectivity index is 1.40. The van der Waals surface area contributed by atoms with Gasteiger partial charge in [-0.25, -0.2) is 18.7 Å². The van der Waals surface area contributed by atoms with Crippen molar-refractivity contribution < 1.29 is 18.4 Å². The minimum absolute atomic E-state index is 0.0670. The Hall–Kier alpha value is -2.81. The maximum Gasteiger partial charge on any atom is 0.245 e. The molecule has 10 heteroatoms. The summed E-state index contributed by atoms with van der Waals surface area (Å²) < 4.78 is 28.6. The minimum atomic E-state index is -0.807. The Morgan fingerprint density at radius 3 is 2.44 bits per heavy atom. The van der Waals surface area contributed by atoms with E-state index in [-0.39, 0.29) is 23.2 Å². The molecule has 1 amide bonds. The van der Waals surface area contributed by atoms with Gasteiger partial charge in [0.2, 0.25) is 11.9 Å². The number of benzene rings is 1. The van der Waals surface area contributed by atoms with E-state index in [1.807, 2.05) is 4.90 Å². The average molecular weight is 464 g/mol. The van der Waals surface area contributed by atoms with Crippen molar-refractivity contribution in [1.82, 2.24) is 14.9 Å². The van der Waals surface area contributed by atoms with Crippen molar-refractivity contribution in [3.63, 3.8) is 0 Å². The van der Waals surface area contributed by atoms with Gasteiger partial charge in [0.05, 0.1) is 28.7 Å². The molecule has 1 N–H and O–H groups in total. The maximum absolute atomic E-state index is 14.4. The molecule has 2 aromatic rings. The molecule has 0 bridgehead atoms. The van der Waals surface area contributed by atoms with E-state index in [0.29, 0.717) is 37.0 Å². The zero-order chi connectivity index (χ0) is 22.8. The van der Waals surface area contributed by atoms with Crippen LogP contribution >= 0.6 is 11.6 Å². The molecule has 2 fully saturated rings. The smallest absolute Gasteiger partial charge is 0.245 e. The van der Waals surface area contributed by atoms with Crippen LogP contribution < -0.4 is 10.2 Å². The monoisotopic (exact) mass is 463 g/mol. The van der Waals surface area contributed by atoms with Crippen LogP contribution in [-0.2, 0) is 4.79 Å². The third-order valence-corrected chi connectivity index (χ3v) is 6.23. The van der Waals surface area contributed by atoms with Gasteiger partial charge in [-0.3, -0.25) is 9.59 Å². The van der Waals surface area contributed by atoms with Gasteiger partial charge < -0.3 is 15.1 Å². The van der Waals surface area contributed by atoms with E-state index >= 15 is 0 Å². The number of amides is 1. The Morgan fingerprint density at radius 2 is 1.78 bits per heavy atom. The highest BCUT2D eigenvalue weighted by Crippen LogP contribution is 2.27. The number of nitrogens with zero attached hydrogens (tertiary/aromatic N) is 4. The topological polar surface area (TPSA) is 78.4 Å². The predicted molar refractivity (Wildman–Crippen MR) is 117 cm³/mol. The van der Waals surface area contributed by atoms with E-state index in [4.69, 9.17) is 11.6 Å². The van der Waals surface area contributed by atoms with Gasteiger partial charge in [-0.2, -0.15) is 0 Å². The molecule has 1 aromatic heterocycles. The molecule has 7 nitrogen and oxygen atoms in total. The number of hydrogen-bond donors (Lipinski definition) is 1. The highest BCUT2D eigenvalue weighted by Gasteiger charge is 2.35. The molecule has 1 unspecified atom stereocenters. The lowest BCUT2D eigenvalue weighted by atomic mass is 9.97. The van der Waals surface area contributed by atoms with Crippen LogP contribution in [0.4, 0.5) is 20.4 Å². The number of piperidine rings is 2. The summed E-state index contributed by atoms with van der Waals surface area (Å²) in [6, 6.07) is 1.25. The second-order valence-electron chi connectivity index (χ2n) is 8.16. The first-order chi connectivity index (χ1) is 15.3. The van der Waals surface area contributed by atoms with Crippen molar-refractivity contribution in [1.29, 1.82) is 0 Å². The number of carbonyl (C=O) groups excluding carboxylic acids is 2. The van der Waals surface area contributed by atoms with Crippen LogP contribution in [0.1, 0.15) is 43.0 Å². The Kier molecular flexibility index (Phi) is 6.55. The first-order valence-corrected chi connectivity index (χ1v) is 11.0. The van der Waals surface area contributed by atoms with Crippen molar-refractivity contribution in [2.24, 2.45) is 0 Å². The molecule has 2 aliphatic rings. The van der Waals surface area contributed by atoms with E-state index in [9.17, 15) is 18.4 Å². The third kappa shape index (κ3) is 4.67. The van der Waals surface area contributed by atoms with Gasteiger partial charge >= 0.3 is 0 Å². The van der Waals surface area contributed by atoms with Crippen LogP contribution in [0.5, 0.6) is 0 Å². The lowest BCUT2D eigenvalue weighted by Crippen LogP contribution is -2.54. The highest BCUT2D eigenvalue weighted by atomic mass is 35.5. The minimum Gasteiger partial charge on any atom is -0.371 e. The van der Waals surface area contributed by atoms with Gasteiger partial charge in [0.1, 0.15) is 17.7 Å². The molecule has 3 heterocycles. The lowest BCUT2D eigenvalue weighted by molar-refractivity contribution is -0.137. The third-order valence-electron chi connectivity index (χ3n) is 6.03. The second-order valence-corrected chi connectivity index (χ2v) is 8.59. The number of Topliss-reactive ketones (excluding diaryl/α,β-unsaturated/α-hetero) is 1. The normalized spacial score (nSPS) is 19.9. The second kappa shape index (κ2) is 9.36. The van der Waals surface area contributed by atoms with Gasteiger partial charge in [-0.15, -0.1) is 0 Å². The average Bonchev–Trinajstić information content (AvgIpc) is 2.78. The first-order valence-electron chi connectivity index (χ1n) is 10.6. The number of rotatable bonds is 5. The fourth-order valence-electron chi connectivity index (χ4n) is 4.36. The Morgan fingerprint density at radius 1 is 1.09 bits per heavy atom. The van der Waals surface area contributed by atoms with Crippen LogP contribution in [0.3, 0.4) is 0 Å². The molecule has 0 aliphatic carbocycles. The van der Waals surface area contributed by atoms with Gasteiger partial charge in [0.15, 0.2) is 5.78 Å². The number of carbonyl (C=O) groups is 2. The molecule has 170 valence electrons. The first kappa shape index (κ1) is 22.4. The fraction of sp³-hybridized carbons (Fsp3) is 0.455. The number of aromatic nitrogens is 2. The Bertz CT molecular complexity index is 1010. The van der Waals surface area contributed by atoms with Gasteiger partial charge in [-0.1, -0.05) is 11.6 Å². The molecule has 0 radical (unpaired) electrons. The predicted octanol–water partition coefficient (Wildman–Crippen LogP) is 3.68. The van der Waals surface area contributed by atoms with E-state index in [0.717, 1.165) is 31.4 Å². The van der Waals surface area contributed by atoms with Crippen molar-refractivity contribution in [2.75, 3.05) is 29.9 Å². The molecule has 2 saturated heterocycles. The number of halogens is 3. The van der Waals surface area contributed by atoms with Crippen LogP contribution in [0.2, 0.25) is 5.02 Å². The van der Waals surface area contributed by atoms with E-state index < -0.39 is 23.5 Å². The summed E-state index contributed by atoms with van der Waals surface area (Å²) >= 11 is 5.85. The van der Waals surface area contributed by atoms with Gasteiger partial charge in [0.25, 0.3) is 0 Å². The summed E-state index contributed by atoms with van der Waals surface area (Å²) in [6.07, 6.45) is 5.94. The van der Waals surface area contributed by atoms with E-state index in [1.54, 1.807) is 12.4 Å². The van der Waals surface area contributed by atoms with Crippen LogP contribution in [0.25, 0.3) is 0 Å². The van der Waals surface area contributed by atoms with Crippen LogP contribution in [-0.4, -0.2) is 58.3 Å². The quantitative estimate of drug-likeness (QED) is 0.681. The van der Waals surface area contributed by atoms with Gasteiger partial charge in [0, 0.05) is 31.7 Å². The van der Waals surface area contributed by atoms with Crippen molar-refractivity contribution in [3.8, 4) is 0 Å². The molecule has 1 aromatic carbocycles. The fourth-order valence-corrected chi connectivity index (χ4v) is 4.45. The standard InChI is InChI=1S/C22H24ClF2N5O2/c1-13(31)16-9-18(25)20(10-17(16)24)28-19-3-2-6-30(21(19)32)15-4-7-29(8-5-15)22-26-11-14(23)12-27-22/h9-12,15,19,28H,2-8H2,1H3. The number of likely N-dealkylation sites (tertiary alicyclic amines) is 1. The summed E-state index contributed by atoms with van der Waals surface area (Å²) in [5.74, 6) is -1.61. The highest BCUT2D eigenvalue weighted by molar-refractivity contribution is 6.30. The van der Waals surface area contributed by atoms with E-state index in [2.05, 4.69) is 20.2 Å². The number of nitrogens with one attached hydrogen (secondary N) is 1. The largest absolute Gasteiger partial charge is 0.371 e. The summed E-state index contributed by atoms with van der Waals surface area (Å²) in [5.41, 5.74) is -0.413. The molecule has 4 rings (SSSR count). The molecule has 1 atom stereocenters. The number of anilines is 2. The van der Waals surface area contributed by atoms with Crippen molar-refractivity contribution >= 4 is 34.9 Å². The lowest BCUT2D eigenvalue weighted by Gasteiger charge is -2.42. The summed E-state index contributed by atoms with van der Waals surface area (Å²) in [6.45, 7) is 3.23. The van der Waals surface area contributed by atoms with Crippen LogP contribution in [0, 0.1) is 11.6 Å². The Labute approximate surface area is 189 Å². The zero-order valence-corrected chi connectivity index (χ0v) is 18.4. The summed E-state index contributed by atoms with van der Waals surface area (Å²) in [4.78, 5) is 37.0. The summed E-state index contributed by atoms with van der Waals surface area (Å²) in [5, 5.41) is 3.33. The molecule has 0 saturated carbocycles. The molecular formula is C22H24ClF2N5O2. The maximum atomic E-state index is 14.4. The molecular weight excluding hydrogens is 440 g/mol. The number of ketones is 1. The SMILES string of the molecule is CC(=O)c1cc(F)c(NC2CCCN(C3CCN(c4ncc(Cl)cn4)CC3)C2=O)cc1F. The number of hydrogen-bond acceptors (Lipinski definition) is 6. The molecule has 2 aliphatic heterocycles. The summed E-state index contributed by atoms with van der Waals surface area (Å²) in [7, 11) is 0. The van der Waals surface area contributed by atoms with E-state index in [1.165, 1.54) is 6.92 Å². The molecule has 0 spiro atoms. The zero-order valence-electron chi connectivity index (χ0n) is 17.7. The van der Waals surface area contributed by atoms with Crippen molar-refractivity contribution in [3.05, 3.63) is 46.7 Å². The van der Waals surface area contributed by atoms with Gasteiger partial charge in [-0.05, 0) is 38.7 Å². The van der Waals surface area contributed by atoms with Crippen LogP contribution in [0.15, 0.2) is 24.5 Å².